The Morgan fingerprint density at radius 1 is 1.21 bits per heavy atom. The zero-order chi connectivity index (χ0) is 13.1. The van der Waals surface area contributed by atoms with Crippen molar-refractivity contribution in [3.63, 3.8) is 0 Å². The summed E-state index contributed by atoms with van der Waals surface area (Å²) in [6.07, 6.45) is 1.76. The summed E-state index contributed by atoms with van der Waals surface area (Å²) in [6, 6.07) is 12.4. The van der Waals surface area contributed by atoms with Crippen molar-refractivity contribution in [1.29, 1.82) is 0 Å². The van der Waals surface area contributed by atoms with Gasteiger partial charge in [-0.1, -0.05) is 12.1 Å². The number of hydrogen-bond acceptors (Lipinski definition) is 3. The Hall–Kier alpha value is -1.59. The van der Waals surface area contributed by atoms with Crippen LogP contribution in [0.1, 0.15) is 4.88 Å². The Morgan fingerprint density at radius 3 is 2.68 bits per heavy atom. The lowest BCUT2D eigenvalue weighted by molar-refractivity contribution is 1.09. The summed E-state index contributed by atoms with van der Waals surface area (Å²) in [4.78, 5) is 1.31. The van der Waals surface area contributed by atoms with E-state index in [9.17, 15) is 0 Å². The van der Waals surface area contributed by atoms with Gasteiger partial charge in [0.25, 0.3) is 0 Å². The van der Waals surface area contributed by atoms with Gasteiger partial charge >= 0.3 is 0 Å². The van der Waals surface area contributed by atoms with E-state index >= 15 is 0 Å². The Kier molecular flexibility index (Phi) is 3.66. The number of hydrogen-bond donors (Lipinski definition) is 2. The van der Waals surface area contributed by atoms with Crippen molar-refractivity contribution in [3.8, 4) is 11.3 Å². The van der Waals surface area contributed by atoms with E-state index in [0.717, 1.165) is 28.0 Å². The van der Waals surface area contributed by atoms with Crippen LogP contribution in [-0.2, 0) is 6.54 Å². The van der Waals surface area contributed by atoms with Crippen molar-refractivity contribution in [1.82, 2.24) is 10.2 Å². The number of anilines is 1. The molecule has 19 heavy (non-hydrogen) atoms. The van der Waals surface area contributed by atoms with Gasteiger partial charge in [0.1, 0.15) is 0 Å². The second kappa shape index (κ2) is 5.59. The second-order valence-electron chi connectivity index (χ2n) is 4.13. The lowest BCUT2D eigenvalue weighted by atomic mass is 10.1. The average molecular weight is 334 g/mol. The summed E-state index contributed by atoms with van der Waals surface area (Å²) < 4.78 is 1.14. The number of nitrogens with zero attached hydrogens (tertiary/aromatic N) is 1. The first kappa shape index (κ1) is 12.4. The molecule has 0 unspecified atom stereocenters. The highest BCUT2D eigenvalue weighted by Gasteiger charge is 2.00. The third-order valence-electron chi connectivity index (χ3n) is 2.79. The third-order valence-corrected chi connectivity index (χ3v) is 4.48. The molecule has 0 bridgehead atoms. The van der Waals surface area contributed by atoms with Crippen LogP contribution >= 0.6 is 27.3 Å². The Morgan fingerprint density at radius 2 is 2.05 bits per heavy atom. The number of aromatic nitrogens is 2. The van der Waals surface area contributed by atoms with E-state index in [2.05, 4.69) is 67.2 Å². The van der Waals surface area contributed by atoms with Crippen molar-refractivity contribution >= 4 is 33.0 Å². The molecule has 5 heteroatoms. The van der Waals surface area contributed by atoms with E-state index in [0.29, 0.717) is 0 Å². The predicted octanol–water partition coefficient (Wildman–Crippen LogP) is 4.51. The number of rotatable bonds is 4. The first-order chi connectivity index (χ1) is 9.31. The van der Waals surface area contributed by atoms with Crippen molar-refractivity contribution in [3.05, 3.63) is 57.3 Å². The number of thiophene rings is 1. The minimum atomic E-state index is 0.847. The molecule has 0 amide bonds. The van der Waals surface area contributed by atoms with Gasteiger partial charge in [-0.2, -0.15) is 5.10 Å². The van der Waals surface area contributed by atoms with Crippen molar-refractivity contribution in [2.45, 2.75) is 6.54 Å². The Balaban J connectivity index is 1.66. The smallest absolute Gasteiger partial charge is 0.0650 e. The first-order valence-electron chi connectivity index (χ1n) is 5.88. The SMILES string of the molecule is Brc1csc(CNc2ccc(-c3ccn[nH]3)cc2)c1. The summed E-state index contributed by atoms with van der Waals surface area (Å²) in [7, 11) is 0. The molecule has 3 aromatic rings. The highest BCUT2D eigenvalue weighted by molar-refractivity contribution is 9.10. The number of halogens is 1. The minimum Gasteiger partial charge on any atom is -0.380 e. The molecule has 0 atom stereocenters. The van der Waals surface area contributed by atoms with Crippen molar-refractivity contribution < 1.29 is 0 Å². The van der Waals surface area contributed by atoms with Crippen LogP contribution in [0.5, 0.6) is 0 Å². The van der Waals surface area contributed by atoms with Gasteiger partial charge in [-0.15, -0.1) is 11.3 Å². The standard InChI is InChI=1S/C14H12BrN3S/c15-11-7-13(19-9-11)8-16-12-3-1-10(2-4-12)14-5-6-17-18-14/h1-7,9,16H,8H2,(H,17,18). The fraction of sp³-hybridized carbons (Fsp3) is 0.0714. The predicted molar refractivity (Wildman–Crippen MR) is 83.4 cm³/mol. The Labute approximate surface area is 123 Å². The summed E-state index contributed by atoms with van der Waals surface area (Å²) >= 11 is 5.21. The van der Waals surface area contributed by atoms with Crippen LogP contribution < -0.4 is 5.32 Å². The van der Waals surface area contributed by atoms with Crippen molar-refractivity contribution in [2.75, 3.05) is 5.32 Å². The number of benzene rings is 1. The maximum atomic E-state index is 3.96. The van der Waals surface area contributed by atoms with Gasteiger partial charge in [0, 0.05) is 33.2 Å². The molecule has 3 rings (SSSR count). The maximum Gasteiger partial charge on any atom is 0.0650 e. The van der Waals surface area contributed by atoms with Gasteiger partial charge in [-0.05, 0) is 45.8 Å². The molecule has 0 aliphatic rings. The molecule has 0 aliphatic heterocycles. The number of nitrogens with one attached hydrogen (secondary N) is 2. The monoisotopic (exact) mass is 333 g/mol. The highest BCUT2D eigenvalue weighted by Crippen LogP contribution is 2.22. The van der Waals surface area contributed by atoms with E-state index in [-0.39, 0.29) is 0 Å². The zero-order valence-electron chi connectivity index (χ0n) is 10.1. The van der Waals surface area contributed by atoms with E-state index in [1.54, 1.807) is 17.5 Å². The van der Waals surface area contributed by atoms with Gasteiger partial charge in [0.05, 0.1) is 5.69 Å². The summed E-state index contributed by atoms with van der Waals surface area (Å²) in [5.74, 6) is 0. The van der Waals surface area contributed by atoms with E-state index in [1.807, 2.05) is 6.07 Å². The Bertz CT molecular complexity index is 644. The number of aromatic amines is 1. The van der Waals surface area contributed by atoms with Gasteiger partial charge in [-0.3, -0.25) is 5.10 Å². The fourth-order valence-electron chi connectivity index (χ4n) is 1.82. The van der Waals surface area contributed by atoms with Crippen LogP contribution in [0, 0.1) is 0 Å². The molecule has 1 aromatic carbocycles. The van der Waals surface area contributed by atoms with Crippen LogP contribution in [0.4, 0.5) is 5.69 Å². The second-order valence-corrected chi connectivity index (χ2v) is 6.04. The van der Waals surface area contributed by atoms with Gasteiger partial charge in [0.2, 0.25) is 0 Å². The van der Waals surface area contributed by atoms with E-state index in [4.69, 9.17) is 0 Å². The van der Waals surface area contributed by atoms with Gasteiger partial charge in [-0.25, -0.2) is 0 Å². The quantitative estimate of drug-likeness (QED) is 0.737. The molecule has 0 spiro atoms. The highest BCUT2D eigenvalue weighted by atomic mass is 79.9. The molecule has 2 N–H and O–H groups in total. The molecule has 0 aliphatic carbocycles. The first-order valence-corrected chi connectivity index (χ1v) is 7.55. The molecular formula is C14H12BrN3S. The molecule has 0 saturated heterocycles. The molecule has 96 valence electrons. The topological polar surface area (TPSA) is 40.7 Å². The van der Waals surface area contributed by atoms with Crippen LogP contribution in [0.25, 0.3) is 11.3 Å². The maximum absolute atomic E-state index is 3.96. The summed E-state index contributed by atoms with van der Waals surface area (Å²) in [5.41, 5.74) is 3.29. The lowest BCUT2D eigenvalue weighted by Crippen LogP contribution is -1.96. The van der Waals surface area contributed by atoms with Crippen LogP contribution in [0.15, 0.2) is 52.4 Å². The summed E-state index contributed by atoms with van der Waals surface area (Å²) in [5, 5.41) is 12.4. The summed E-state index contributed by atoms with van der Waals surface area (Å²) in [6.45, 7) is 0.847. The molecule has 0 radical (unpaired) electrons. The molecule has 2 aromatic heterocycles. The van der Waals surface area contributed by atoms with E-state index < -0.39 is 0 Å². The van der Waals surface area contributed by atoms with Crippen molar-refractivity contribution in [2.24, 2.45) is 0 Å². The molecule has 2 heterocycles. The number of H-pyrrole nitrogens is 1. The normalized spacial score (nSPS) is 10.6. The van der Waals surface area contributed by atoms with Crippen LogP contribution in [0.3, 0.4) is 0 Å². The fourth-order valence-corrected chi connectivity index (χ4v) is 3.21. The van der Waals surface area contributed by atoms with Crippen LogP contribution in [-0.4, -0.2) is 10.2 Å². The molecule has 3 nitrogen and oxygen atoms in total. The van der Waals surface area contributed by atoms with E-state index in [1.165, 1.54) is 4.88 Å². The zero-order valence-corrected chi connectivity index (χ0v) is 12.5. The molecular weight excluding hydrogens is 322 g/mol. The lowest BCUT2D eigenvalue weighted by Gasteiger charge is -2.05. The minimum absolute atomic E-state index is 0.847. The average Bonchev–Trinajstić information content (AvgIpc) is 3.08. The van der Waals surface area contributed by atoms with Crippen LogP contribution in [0.2, 0.25) is 0 Å². The molecule has 0 saturated carbocycles. The van der Waals surface area contributed by atoms with Gasteiger partial charge < -0.3 is 5.32 Å². The third kappa shape index (κ3) is 3.05. The largest absolute Gasteiger partial charge is 0.380 e. The van der Waals surface area contributed by atoms with Gasteiger partial charge in [0.15, 0.2) is 0 Å². The molecule has 0 fully saturated rings.